The van der Waals surface area contributed by atoms with Gasteiger partial charge in [-0.25, -0.2) is 9.13 Å². The van der Waals surface area contributed by atoms with Gasteiger partial charge in [0.1, 0.15) is 19.3 Å². The van der Waals surface area contributed by atoms with Crippen molar-refractivity contribution in [3.05, 3.63) is 0 Å². The fourth-order valence-corrected chi connectivity index (χ4v) is 12.5. The highest BCUT2D eigenvalue weighted by molar-refractivity contribution is 7.47. The minimum Gasteiger partial charge on any atom is -0.462 e. The minimum atomic E-state index is -4.95. The summed E-state index contributed by atoms with van der Waals surface area (Å²) in [6.45, 7) is 9.50. The number of hydrogen-bond acceptors (Lipinski definition) is 15. The number of phosphoric ester groups is 2. The third-order valence-electron chi connectivity index (χ3n) is 17.1. The second-order valence-electron chi connectivity index (χ2n) is 26.7. The lowest BCUT2D eigenvalue weighted by Crippen LogP contribution is -2.30. The fourth-order valence-electron chi connectivity index (χ4n) is 10.9. The summed E-state index contributed by atoms with van der Waals surface area (Å²) in [6, 6.07) is 0. The van der Waals surface area contributed by atoms with Crippen molar-refractivity contribution in [2.75, 3.05) is 39.6 Å². The smallest absolute Gasteiger partial charge is 0.462 e. The number of carbonyl (C=O) groups excluding carboxylic acids is 4. The lowest BCUT2D eigenvalue weighted by molar-refractivity contribution is -0.161. The normalized spacial score (nSPS) is 14.4. The molecule has 0 saturated heterocycles. The second-order valence-corrected chi connectivity index (χ2v) is 29.6. The number of aliphatic hydroxyl groups excluding tert-OH is 1. The van der Waals surface area contributed by atoms with Crippen molar-refractivity contribution in [2.24, 2.45) is 11.8 Å². The zero-order valence-corrected chi connectivity index (χ0v) is 60.9. The molecule has 17 nitrogen and oxygen atoms in total. The monoisotopic (exact) mass is 1340 g/mol. The van der Waals surface area contributed by atoms with Gasteiger partial charge in [-0.3, -0.25) is 37.3 Å². The van der Waals surface area contributed by atoms with Gasteiger partial charge in [0, 0.05) is 25.7 Å². The van der Waals surface area contributed by atoms with Gasteiger partial charge < -0.3 is 33.8 Å². The summed E-state index contributed by atoms with van der Waals surface area (Å²) >= 11 is 0. The van der Waals surface area contributed by atoms with E-state index in [1.54, 1.807) is 0 Å². The van der Waals surface area contributed by atoms with Crippen LogP contribution in [0, 0.1) is 11.8 Å². The molecule has 0 aliphatic carbocycles. The Morgan fingerprint density at radius 1 is 0.319 bits per heavy atom. The molecule has 0 aromatic rings. The first-order valence-electron chi connectivity index (χ1n) is 37.5. The first-order valence-corrected chi connectivity index (χ1v) is 40.5. The van der Waals surface area contributed by atoms with Crippen molar-refractivity contribution in [1.29, 1.82) is 0 Å². The molecule has 0 saturated carbocycles. The molecule has 3 unspecified atom stereocenters. The second kappa shape index (κ2) is 64.1. The van der Waals surface area contributed by atoms with E-state index in [4.69, 9.17) is 37.0 Å². The van der Waals surface area contributed by atoms with Crippen molar-refractivity contribution in [3.8, 4) is 0 Å². The fraction of sp³-hybridized carbons (Fsp3) is 0.944. The molecule has 0 fully saturated rings. The molecule has 91 heavy (non-hydrogen) atoms. The zero-order chi connectivity index (χ0) is 67.2. The first kappa shape index (κ1) is 89.1. The van der Waals surface area contributed by atoms with Crippen molar-refractivity contribution < 1.29 is 80.2 Å². The average molecular weight is 1340 g/mol. The van der Waals surface area contributed by atoms with Crippen LogP contribution in [0.4, 0.5) is 0 Å². The Morgan fingerprint density at radius 3 is 0.835 bits per heavy atom. The highest BCUT2D eigenvalue weighted by atomic mass is 31.2. The van der Waals surface area contributed by atoms with Crippen molar-refractivity contribution in [1.82, 2.24) is 0 Å². The molecule has 540 valence electrons. The van der Waals surface area contributed by atoms with E-state index < -0.39 is 97.5 Å². The van der Waals surface area contributed by atoms with E-state index in [1.165, 1.54) is 186 Å². The maximum Gasteiger partial charge on any atom is 0.472 e. The summed E-state index contributed by atoms with van der Waals surface area (Å²) < 4.78 is 68.3. The van der Waals surface area contributed by atoms with Crippen LogP contribution >= 0.6 is 15.6 Å². The molecule has 0 radical (unpaired) electrons. The van der Waals surface area contributed by atoms with Gasteiger partial charge in [0.05, 0.1) is 26.4 Å². The lowest BCUT2D eigenvalue weighted by Gasteiger charge is -2.21. The molecule has 0 amide bonds. The van der Waals surface area contributed by atoms with Crippen LogP contribution in [-0.2, 0) is 65.4 Å². The number of rotatable bonds is 71. The molecule has 0 aromatic heterocycles. The van der Waals surface area contributed by atoms with E-state index in [0.29, 0.717) is 25.7 Å². The molecule has 0 heterocycles. The van der Waals surface area contributed by atoms with Crippen LogP contribution in [0.1, 0.15) is 369 Å². The third-order valence-corrected chi connectivity index (χ3v) is 19.0. The Labute approximate surface area is 556 Å². The van der Waals surface area contributed by atoms with Crippen molar-refractivity contribution in [3.63, 3.8) is 0 Å². The Bertz CT molecular complexity index is 1770. The van der Waals surface area contributed by atoms with E-state index in [1.807, 2.05) is 0 Å². The largest absolute Gasteiger partial charge is 0.472 e. The minimum absolute atomic E-state index is 0.103. The van der Waals surface area contributed by atoms with Crippen LogP contribution in [0.3, 0.4) is 0 Å². The van der Waals surface area contributed by atoms with Gasteiger partial charge in [-0.15, -0.1) is 0 Å². The average Bonchev–Trinajstić information content (AvgIpc) is 3.73. The van der Waals surface area contributed by atoms with Crippen LogP contribution in [-0.4, -0.2) is 96.7 Å². The predicted octanol–water partition coefficient (Wildman–Crippen LogP) is 20.8. The molecule has 0 aromatic carbocycles. The molecule has 0 rings (SSSR count). The molecule has 0 bridgehead atoms. The molecular formula is C72H140O17P2. The maximum absolute atomic E-state index is 13.0. The summed E-state index contributed by atoms with van der Waals surface area (Å²) in [5.74, 6) is -0.645. The quantitative estimate of drug-likeness (QED) is 0.0222. The Hall–Kier alpha value is -1.94. The van der Waals surface area contributed by atoms with Gasteiger partial charge in [0.15, 0.2) is 12.2 Å². The van der Waals surface area contributed by atoms with Gasteiger partial charge in [0.25, 0.3) is 0 Å². The number of phosphoric acid groups is 2. The number of unbranched alkanes of at least 4 members (excludes halogenated alkanes) is 40. The van der Waals surface area contributed by atoms with Crippen molar-refractivity contribution in [2.45, 2.75) is 387 Å². The first-order chi connectivity index (χ1) is 43.9. The van der Waals surface area contributed by atoms with E-state index in [0.717, 1.165) is 102 Å². The Morgan fingerprint density at radius 2 is 0.560 bits per heavy atom. The Kier molecular flexibility index (Phi) is 62.7. The van der Waals surface area contributed by atoms with Gasteiger partial charge in [-0.1, -0.05) is 318 Å². The number of hydrogen-bond donors (Lipinski definition) is 3. The summed E-state index contributed by atoms with van der Waals surface area (Å²) in [5, 5.41) is 10.6. The highest BCUT2D eigenvalue weighted by Crippen LogP contribution is 2.45. The standard InChI is InChI=1S/C72H140O17P2/c1-7-10-12-14-16-18-20-21-22-23-24-25-26-27-33-37-44-50-56-71(76)88-67(60-82-70(75)55-49-43-36-32-29-28-30-34-40-46-52-64(4)5)62-86-90(78,79)84-58-66(73)59-85-91(80,81)87-63-68(89-72(77)57-51-45-39-38-41-47-53-65(6)9-3)61-83-69(74)54-48-42-35-31-19-17-15-13-11-8-2/h64-68,73H,7-63H2,1-6H3,(H,78,79)(H,80,81)/t65?,66-,67-,68-/m1/s1. The molecule has 0 aliphatic heterocycles. The van der Waals surface area contributed by atoms with Crippen LogP contribution in [0.15, 0.2) is 0 Å². The SMILES string of the molecule is CCCCCCCCCCCCCCCCCCCCC(=O)O[C@H](COC(=O)CCCCCCCCCCCCC(C)C)COP(=O)(O)OC[C@@H](O)COP(=O)(O)OC[C@@H](COC(=O)CCCCCCCCCCCC)OC(=O)CCCCCCCCC(C)CC. The third kappa shape index (κ3) is 65.1. The van der Waals surface area contributed by atoms with E-state index >= 15 is 0 Å². The van der Waals surface area contributed by atoms with Gasteiger partial charge >= 0.3 is 39.5 Å². The molecule has 0 aliphatic rings. The van der Waals surface area contributed by atoms with Gasteiger partial charge in [-0.05, 0) is 37.5 Å². The van der Waals surface area contributed by atoms with E-state index in [2.05, 4.69) is 41.5 Å². The van der Waals surface area contributed by atoms with Crippen LogP contribution in [0.2, 0.25) is 0 Å². The summed E-state index contributed by atoms with van der Waals surface area (Å²) in [6.07, 6.45) is 50.0. The topological polar surface area (TPSA) is 237 Å². The summed E-state index contributed by atoms with van der Waals surface area (Å²) in [5.41, 5.74) is 0. The van der Waals surface area contributed by atoms with Crippen LogP contribution < -0.4 is 0 Å². The molecule has 0 spiro atoms. The van der Waals surface area contributed by atoms with E-state index in [9.17, 15) is 43.2 Å². The van der Waals surface area contributed by atoms with Gasteiger partial charge in [-0.2, -0.15) is 0 Å². The number of ether oxygens (including phenoxy) is 4. The number of aliphatic hydroxyl groups is 1. The maximum atomic E-state index is 13.0. The summed E-state index contributed by atoms with van der Waals surface area (Å²) in [7, 11) is -9.90. The number of carbonyl (C=O) groups is 4. The lowest BCUT2D eigenvalue weighted by atomic mass is 10.00. The molecule has 19 heteroatoms. The van der Waals surface area contributed by atoms with Crippen LogP contribution in [0.5, 0.6) is 0 Å². The predicted molar refractivity (Wildman–Crippen MR) is 368 cm³/mol. The van der Waals surface area contributed by atoms with Gasteiger partial charge in [0.2, 0.25) is 0 Å². The number of esters is 4. The van der Waals surface area contributed by atoms with E-state index in [-0.39, 0.29) is 25.7 Å². The molecule has 6 atom stereocenters. The zero-order valence-electron chi connectivity index (χ0n) is 59.1. The highest BCUT2D eigenvalue weighted by Gasteiger charge is 2.30. The Balaban J connectivity index is 5.22. The van der Waals surface area contributed by atoms with Crippen LogP contribution in [0.25, 0.3) is 0 Å². The van der Waals surface area contributed by atoms with Crippen molar-refractivity contribution >= 4 is 39.5 Å². The molecular weight excluding hydrogens is 1200 g/mol. The molecule has 3 N–H and O–H groups in total. The summed E-state index contributed by atoms with van der Waals surface area (Å²) in [4.78, 5) is 72.6.